The van der Waals surface area contributed by atoms with Crippen LogP contribution in [0.3, 0.4) is 0 Å². The van der Waals surface area contributed by atoms with E-state index in [1.807, 2.05) is 13.8 Å². The van der Waals surface area contributed by atoms with Crippen LogP contribution >= 0.6 is 11.8 Å². The highest BCUT2D eigenvalue weighted by molar-refractivity contribution is 8.01. The Hall–Kier alpha value is -0.220. The van der Waals surface area contributed by atoms with Gasteiger partial charge in [-0.2, -0.15) is 0 Å². The number of carbonyl (C=O) groups excluding carboxylic acids is 1. The minimum absolute atomic E-state index is 0.0625. The number of thioether (sulfide) groups is 1. The van der Waals surface area contributed by atoms with Gasteiger partial charge in [0, 0.05) is 17.2 Å². The van der Waals surface area contributed by atoms with Crippen LogP contribution in [0.1, 0.15) is 41.0 Å². The molecule has 1 heterocycles. The van der Waals surface area contributed by atoms with Gasteiger partial charge in [-0.05, 0) is 13.8 Å². The summed E-state index contributed by atoms with van der Waals surface area (Å²) in [6, 6.07) is 0.0815. The first-order valence-electron chi connectivity index (χ1n) is 5.40. The Bertz CT molecular complexity index is 247. The largest absolute Gasteiger partial charge is 0.373 e. The van der Waals surface area contributed by atoms with Crippen LogP contribution < -0.4 is 0 Å². The van der Waals surface area contributed by atoms with Crippen molar-refractivity contribution in [2.75, 3.05) is 0 Å². The molecule has 1 fully saturated rings. The van der Waals surface area contributed by atoms with Crippen LogP contribution in [-0.4, -0.2) is 38.2 Å². The third-order valence-electron chi connectivity index (χ3n) is 2.33. The number of hydrogen-bond acceptors (Lipinski definition) is 3. The third kappa shape index (κ3) is 3.11. The van der Waals surface area contributed by atoms with Gasteiger partial charge in [-0.25, -0.2) is 0 Å². The van der Waals surface area contributed by atoms with Crippen molar-refractivity contribution in [3.05, 3.63) is 0 Å². The number of carbonyl (C=O) groups is 1. The van der Waals surface area contributed by atoms with Crippen LogP contribution in [0.25, 0.3) is 0 Å². The van der Waals surface area contributed by atoms with Gasteiger partial charge in [-0.15, -0.1) is 11.8 Å². The highest BCUT2D eigenvalue weighted by Gasteiger charge is 2.41. The molecule has 2 unspecified atom stereocenters. The lowest BCUT2D eigenvalue weighted by atomic mass is 10.3. The van der Waals surface area contributed by atoms with Crippen LogP contribution in [-0.2, 0) is 4.79 Å². The van der Waals surface area contributed by atoms with Crippen molar-refractivity contribution in [1.29, 1.82) is 0 Å². The Morgan fingerprint density at radius 1 is 1.47 bits per heavy atom. The van der Waals surface area contributed by atoms with Gasteiger partial charge in [0.1, 0.15) is 6.23 Å². The number of hydrogen-bond donors (Lipinski definition) is 1. The molecule has 3 nitrogen and oxygen atoms in total. The highest BCUT2D eigenvalue weighted by atomic mass is 32.2. The van der Waals surface area contributed by atoms with Crippen molar-refractivity contribution in [2.24, 2.45) is 0 Å². The Balaban J connectivity index is 2.69. The zero-order valence-corrected chi connectivity index (χ0v) is 11.0. The normalized spacial score (nSPS) is 27.9. The quantitative estimate of drug-likeness (QED) is 0.788. The summed E-state index contributed by atoms with van der Waals surface area (Å²) in [5.74, 6) is 0.0809. The van der Waals surface area contributed by atoms with E-state index < -0.39 is 6.23 Å². The van der Waals surface area contributed by atoms with E-state index in [9.17, 15) is 9.90 Å². The first kappa shape index (κ1) is 12.8. The van der Waals surface area contributed by atoms with Crippen LogP contribution in [0.2, 0.25) is 0 Å². The molecule has 1 aliphatic heterocycles. The molecule has 1 N–H and O–H groups in total. The van der Waals surface area contributed by atoms with E-state index >= 15 is 0 Å². The average molecular weight is 231 g/mol. The molecular formula is C11H21NO2S. The van der Waals surface area contributed by atoms with Crippen LogP contribution in [0.15, 0.2) is 0 Å². The summed E-state index contributed by atoms with van der Waals surface area (Å²) in [4.78, 5) is 13.6. The molecular weight excluding hydrogens is 210 g/mol. The van der Waals surface area contributed by atoms with E-state index in [1.54, 1.807) is 16.7 Å². The van der Waals surface area contributed by atoms with Crippen LogP contribution in [0.4, 0.5) is 0 Å². The zero-order valence-electron chi connectivity index (χ0n) is 10.2. The summed E-state index contributed by atoms with van der Waals surface area (Å²) in [5, 5.41) is 9.71. The molecule has 0 aromatic rings. The second-order valence-electron chi connectivity index (χ2n) is 5.27. The lowest BCUT2D eigenvalue weighted by Crippen LogP contribution is -2.39. The van der Waals surface area contributed by atoms with Gasteiger partial charge in [0.2, 0.25) is 5.91 Å². The van der Waals surface area contributed by atoms with E-state index in [0.29, 0.717) is 6.42 Å². The molecule has 0 radical (unpaired) electrons. The summed E-state index contributed by atoms with van der Waals surface area (Å²) in [5.41, 5.74) is 0. The minimum atomic E-state index is -0.600. The molecule has 0 bridgehead atoms. The molecule has 0 saturated carbocycles. The van der Waals surface area contributed by atoms with Gasteiger partial charge in [0.15, 0.2) is 0 Å². The Kier molecular flexibility index (Phi) is 3.71. The fourth-order valence-electron chi connectivity index (χ4n) is 1.84. The number of nitrogens with zero attached hydrogens (tertiary/aromatic N) is 1. The summed E-state index contributed by atoms with van der Waals surface area (Å²) in [7, 11) is 0. The van der Waals surface area contributed by atoms with E-state index in [2.05, 4.69) is 20.8 Å². The van der Waals surface area contributed by atoms with Gasteiger partial charge in [-0.1, -0.05) is 20.8 Å². The maximum atomic E-state index is 12.0. The maximum absolute atomic E-state index is 12.0. The first-order chi connectivity index (χ1) is 6.72. The SMILES string of the molecule is CC(C)N1C(=O)C(SC(C)(C)C)CC1O. The smallest absolute Gasteiger partial charge is 0.238 e. The third-order valence-corrected chi connectivity index (χ3v) is 3.71. The molecule has 4 heteroatoms. The van der Waals surface area contributed by atoms with Crippen molar-refractivity contribution in [3.63, 3.8) is 0 Å². The first-order valence-corrected chi connectivity index (χ1v) is 6.28. The van der Waals surface area contributed by atoms with E-state index in [4.69, 9.17) is 0 Å². The lowest BCUT2D eigenvalue weighted by Gasteiger charge is -2.25. The van der Waals surface area contributed by atoms with Crippen molar-refractivity contribution >= 4 is 17.7 Å². The Labute approximate surface area is 96.2 Å². The molecule has 1 amide bonds. The molecule has 15 heavy (non-hydrogen) atoms. The lowest BCUT2D eigenvalue weighted by molar-refractivity contribution is -0.135. The van der Waals surface area contributed by atoms with E-state index in [1.165, 1.54) is 0 Å². The second-order valence-corrected chi connectivity index (χ2v) is 7.30. The number of likely N-dealkylation sites (tertiary alicyclic amines) is 1. The number of rotatable bonds is 2. The van der Waals surface area contributed by atoms with Crippen LogP contribution in [0, 0.1) is 0 Å². The van der Waals surface area contributed by atoms with Gasteiger partial charge in [0.25, 0.3) is 0 Å². The topological polar surface area (TPSA) is 40.5 Å². The predicted molar refractivity (Wildman–Crippen MR) is 63.7 cm³/mol. The fourth-order valence-corrected chi connectivity index (χ4v) is 3.19. The zero-order chi connectivity index (χ0) is 11.8. The number of amides is 1. The van der Waals surface area contributed by atoms with Gasteiger partial charge in [0.05, 0.1) is 5.25 Å². The van der Waals surface area contributed by atoms with Crippen molar-refractivity contribution in [1.82, 2.24) is 4.90 Å². The van der Waals surface area contributed by atoms with Crippen molar-refractivity contribution in [3.8, 4) is 0 Å². The van der Waals surface area contributed by atoms with Crippen LogP contribution in [0.5, 0.6) is 0 Å². The molecule has 1 rings (SSSR count). The minimum Gasteiger partial charge on any atom is -0.373 e. The Morgan fingerprint density at radius 3 is 2.33 bits per heavy atom. The average Bonchev–Trinajstić information content (AvgIpc) is 2.23. The summed E-state index contributed by atoms with van der Waals surface area (Å²) < 4.78 is 0.0625. The standard InChI is InChI=1S/C11H21NO2S/c1-7(2)12-9(13)6-8(10(12)14)15-11(3,4)5/h7-9,13H,6H2,1-5H3. The molecule has 0 aliphatic carbocycles. The highest BCUT2D eigenvalue weighted by Crippen LogP contribution is 2.36. The fraction of sp³-hybridized carbons (Fsp3) is 0.909. The predicted octanol–water partition coefficient (Wildman–Crippen LogP) is 1.85. The molecule has 1 saturated heterocycles. The van der Waals surface area contributed by atoms with Crippen molar-refractivity contribution < 1.29 is 9.90 Å². The maximum Gasteiger partial charge on any atom is 0.238 e. The monoisotopic (exact) mass is 231 g/mol. The van der Waals surface area contributed by atoms with Crippen molar-refractivity contribution in [2.45, 2.75) is 63.3 Å². The van der Waals surface area contributed by atoms with Gasteiger partial charge < -0.3 is 10.0 Å². The summed E-state index contributed by atoms with van der Waals surface area (Å²) >= 11 is 1.65. The molecule has 0 spiro atoms. The number of aliphatic hydroxyl groups excluding tert-OH is 1. The van der Waals surface area contributed by atoms with Gasteiger partial charge in [-0.3, -0.25) is 4.79 Å². The molecule has 88 valence electrons. The molecule has 1 aliphatic rings. The number of aliphatic hydroxyl groups is 1. The molecule has 2 atom stereocenters. The molecule has 0 aromatic heterocycles. The Morgan fingerprint density at radius 2 is 2.00 bits per heavy atom. The van der Waals surface area contributed by atoms with E-state index in [-0.39, 0.29) is 21.9 Å². The molecule has 0 aromatic carbocycles. The summed E-state index contributed by atoms with van der Waals surface area (Å²) in [6.45, 7) is 10.1. The van der Waals surface area contributed by atoms with E-state index in [0.717, 1.165) is 0 Å². The second kappa shape index (κ2) is 4.34. The summed E-state index contributed by atoms with van der Waals surface area (Å²) in [6.07, 6.45) is -0.0452. The van der Waals surface area contributed by atoms with Gasteiger partial charge >= 0.3 is 0 Å².